The van der Waals surface area contributed by atoms with Crippen molar-refractivity contribution in [1.82, 2.24) is 0 Å². The van der Waals surface area contributed by atoms with Gasteiger partial charge < -0.3 is 15.7 Å². The Labute approximate surface area is 161 Å². The molecule has 5 nitrogen and oxygen atoms in total. The van der Waals surface area contributed by atoms with Crippen LogP contribution in [0.3, 0.4) is 0 Å². The van der Waals surface area contributed by atoms with E-state index in [1.165, 1.54) is 24.3 Å². The second-order valence-corrected chi connectivity index (χ2v) is 6.38. The maximum Gasteiger partial charge on any atom is 0.259 e. The summed E-state index contributed by atoms with van der Waals surface area (Å²) < 4.78 is 14.1. The molecule has 2 amide bonds. The molecule has 28 heavy (non-hydrogen) atoms. The molecule has 0 unspecified atom stereocenters. The van der Waals surface area contributed by atoms with Gasteiger partial charge in [0.25, 0.3) is 5.91 Å². The largest absolute Gasteiger partial charge is 0.507 e. The van der Waals surface area contributed by atoms with Crippen LogP contribution in [0.1, 0.15) is 21.5 Å². The third-order valence-electron chi connectivity index (χ3n) is 4.10. The lowest BCUT2D eigenvalue weighted by molar-refractivity contribution is -0.115. The van der Waals surface area contributed by atoms with E-state index in [1.54, 1.807) is 25.1 Å². The van der Waals surface area contributed by atoms with Gasteiger partial charge in [-0.1, -0.05) is 36.4 Å². The third kappa shape index (κ3) is 4.73. The quantitative estimate of drug-likeness (QED) is 0.620. The molecule has 142 valence electrons. The topological polar surface area (TPSA) is 78.4 Å². The molecule has 0 aliphatic carbocycles. The van der Waals surface area contributed by atoms with Gasteiger partial charge in [-0.15, -0.1) is 0 Å². The van der Waals surface area contributed by atoms with Gasteiger partial charge in [-0.25, -0.2) is 4.39 Å². The van der Waals surface area contributed by atoms with Crippen LogP contribution < -0.4 is 10.6 Å². The highest BCUT2D eigenvalue weighted by Crippen LogP contribution is 2.23. The molecule has 0 atom stereocenters. The first-order valence-corrected chi connectivity index (χ1v) is 8.66. The number of hydrogen-bond donors (Lipinski definition) is 3. The number of aryl methyl sites for hydroxylation is 1. The summed E-state index contributed by atoms with van der Waals surface area (Å²) in [6.07, 6.45) is 0.105. The predicted molar refractivity (Wildman–Crippen MR) is 106 cm³/mol. The monoisotopic (exact) mass is 378 g/mol. The molecule has 0 spiro atoms. The first-order valence-electron chi connectivity index (χ1n) is 8.66. The molecule has 0 radical (unpaired) electrons. The highest BCUT2D eigenvalue weighted by Gasteiger charge is 2.14. The Bertz CT molecular complexity index is 1020. The number of carbonyl (C=O) groups is 2. The Morgan fingerprint density at radius 1 is 0.964 bits per heavy atom. The molecule has 0 saturated heterocycles. The van der Waals surface area contributed by atoms with Crippen molar-refractivity contribution >= 4 is 23.2 Å². The number of benzene rings is 3. The number of hydrogen-bond acceptors (Lipinski definition) is 3. The van der Waals surface area contributed by atoms with Crippen molar-refractivity contribution in [3.63, 3.8) is 0 Å². The maximum atomic E-state index is 14.1. The van der Waals surface area contributed by atoms with E-state index in [2.05, 4.69) is 10.6 Å². The molecule has 0 fully saturated rings. The summed E-state index contributed by atoms with van der Waals surface area (Å²) >= 11 is 0. The zero-order valence-electron chi connectivity index (χ0n) is 15.2. The number of amides is 2. The van der Waals surface area contributed by atoms with Crippen LogP contribution in [0.5, 0.6) is 5.75 Å². The Morgan fingerprint density at radius 3 is 2.43 bits per heavy atom. The molecule has 0 aliphatic heterocycles. The van der Waals surface area contributed by atoms with Crippen LogP contribution in [-0.4, -0.2) is 16.9 Å². The lowest BCUT2D eigenvalue weighted by Crippen LogP contribution is -2.16. The summed E-state index contributed by atoms with van der Waals surface area (Å²) in [5.41, 5.74) is 1.98. The molecular weight excluding hydrogens is 359 g/mol. The van der Waals surface area contributed by atoms with E-state index >= 15 is 0 Å². The fourth-order valence-corrected chi connectivity index (χ4v) is 2.71. The van der Waals surface area contributed by atoms with Crippen LogP contribution in [0.2, 0.25) is 0 Å². The predicted octanol–water partition coefficient (Wildman–Crippen LogP) is 4.27. The number of nitrogens with one attached hydrogen (secondary N) is 2. The number of halogens is 1. The zero-order valence-corrected chi connectivity index (χ0v) is 15.2. The average Bonchev–Trinajstić information content (AvgIpc) is 2.65. The van der Waals surface area contributed by atoms with Gasteiger partial charge in [0.1, 0.15) is 11.6 Å². The molecule has 0 bridgehead atoms. The molecule has 0 heterocycles. The Hall–Kier alpha value is -3.67. The van der Waals surface area contributed by atoms with Gasteiger partial charge in [0.05, 0.1) is 17.7 Å². The van der Waals surface area contributed by atoms with Crippen molar-refractivity contribution in [2.45, 2.75) is 13.3 Å². The van der Waals surface area contributed by atoms with E-state index in [0.717, 1.165) is 17.2 Å². The van der Waals surface area contributed by atoms with Gasteiger partial charge in [-0.2, -0.15) is 0 Å². The van der Waals surface area contributed by atoms with E-state index in [0.29, 0.717) is 5.69 Å². The molecule has 6 heteroatoms. The van der Waals surface area contributed by atoms with E-state index in [4.69, 9.17) is 0 Å². The first kappa shape index (κ1) is 19.1. The Morgan fingerprint density at radius 2 is 1.71 bits per heavy atom. The van der Waals surface area contributed by atoms with Crippen molar-refractivity contribution in [3.05, 3.63) is 89.2 Å². The SMILES string of the molecule is Cc1ccc(C(=O)Nc2ccc(F)c(NC(=O)Cc3ccccc3)c2)c(O)c1. The molecule has 3 aromatic carbocycles. The van der Waals surface area contributed by atoms with Crippen molar-refractivity contribution in [2.24, 2.45) is 0 Å². The van der Waals surface area contributed by atoms with Gasteiger partial charge in [0, 0.05) is 5.69 Å². The maximum absolute atomic E-state index is 14.1. The van der Waals surface area contributed by atoms with E-state index < -0.39 is 11.7 Å². The van der Waals surface area contributed by atoms with Gasteiger partial charge in [0.2, 0.25) is 5.91 Å². The number of carbonyl (C=O) groups excluding carboxylic acids is 2. The second kappa shape index (κ2) is 8.35. The number of aromatic hydroxyl groups is 1. The summed E-state index contributed by atoms with van der Waals surface area (Å²) in [5.74, 6) is -1.66. The fourth-order valence-electron chi connectivity index (χ4n) is 2.71. The zero-order chi connectivity index (χ0) is 20.1. The lowest BCUT2D eigenvalue weighted by Gasteiger charge is -2.11. The Kier molecular flexibility index (Phi) is 5.69. The minimum absolute atomic E-state index is 0.0353. The van der Waals surface area contributed by atoms with Gasteiger partial charge in [-0.3, -0.25) is 9.59 Å². The highest BCUT2D eigenvalue weighted by molar-refractivity contribution is 6.06. The van der Waals surface area contributed by atoms with Crippen molar-refractivity contribution in [1.29, 1.82) is 0 Å². The first-order chi connectivity index (χ1) is 13.4. The van der Waals surface area contributed by atoms with Gasteiger partial charge >= 0.3 is 0 Å². The van der Waals surface area contributed by atoms with Crippen LogP contribution >= 0.6 is 0 Å². The third-order valence-corrected chi connectivity index (χ3v) is 4.10. The minimum atomic E-state index is -0.613. The van der Waals surface area contributed by atoms with Crippen LogP contribution in [0.4, 0.5) is 15.8 Å². The van der Waals surface area contributed by atoms with E-state index in [-0.39, 0.29) is 29.3 Å². The van der Waals surface area contributed by atoms with Crippen LogP contribution in [0.15, 0.2) is 66.7 Å². The number of phenols is 1. The summed E-state index contributed by atoms with van der Waals surface area (Å²) in [5, 5.41) is 15.0. The van der Waals surface area contributed by atoms with Crippen LogP contribution in [0, 0.1) is 12.7 Å². The summed E-state index contributed by atoms with van der Waals surface area (Å²) in [6.45, 7) is 1.80. The van der Waals surface area contributed by atoms with Crippen LogP contribution in [-0.2, 0) is 11.2 Å². The van der Waals surface area contributed by atoms with E-state index in [9.17, 15) is 19.1 Å². The van der Waals surface area contributed by atoms with E-state index in [1.807, 2.05) is 18.2 Å². The van der Waals surface area contributed by atoms with Crippen molar-refractivity contribution < 1.29 is 19.1 Å². The molecule has 3 aromatic rings. The molecule has 0 aliphatic rings. The summed E-state index contributed by atoms with van der Waals surface area (Å²) in [7, 11) is 0. The smallest absolute Gasteiger partial charge is 0.259 e. The molecule has 3 rings (SSSR count). The standard InChI is InChI=1S/C22H19FN2O3/c1-14-7-9-17(20(26)11-14)22(28)24-16-8-10-18(23)19(13-16)25-21(27)12-15-5-3-2-4-6-15/h2-11,13,26H,12H2,1H3,(H,24,28)(H,25,27). The average molecular weight is 378 g/mol. The van der Waals surface area contributed by atoms with Crippen molar-refractivity contribution in [2.75, 3.05) is 10.6 Å². The fraction of sp³-hybridized carbons (Fsp3) is 0.0909. The number of phenolic OH excluding ortho intramolecular Hbond substituents is 1. The van der Waals surface area contributed by atoms with Crippen LogP contribution in [0.25, 0.3) is 0 Å². The minimum Gasteiger partial charge on any atom is -0.507 e. The van der Waals surface area contributed by atoms with Crippen molar-refractivity contribution in [3.8, 4) is 5.75 Å². The summed E-state index contributed by atoms with van der Waals surface area (Å²) in [6, 6.07) is 17.7. The van der Waals surface area contributed by atoms with Gasteiger partial charge in [0.15, 0.2) is 0 Å². The molecular formula is C22H19FN2O3. The molecule has 0 saturated carbocycles. The molecule has 0 aromatic heterocycles. The Balaban J connectivity index is 1.72. The summed E-state index contributed by atoms with van der Waals surface area (Å²) in [4.78, 5) is 24.5. The highest BCUT2D eigenvalue weighted by atomic mass is 19.1. The van der Waals surface area contributed by atoms with Gasteiger partial charge in [-0.05, 0) is 48.4 Å². The number of rotatable bonds is 5. The normalized spacial score (nSPS) is 10.4. The lowest BCUT2D eigenvalue weighted by atomic mass is 10.1. The number of anilines is 2. The molecule has 3 N–H and O–H groups in total. The second-order valence-electron chi connectivity index (χ2n) is 6.38.